The molecule has 1 heterocycles. The maximum Gasteiger partial charge on any atom is 0.319 e. The third-order valence-electron chi connectivity index (χ3n) is 4.06. The van der Waals surface area contributed by atoms with Crippen LogP contribution in [0.1, 0.15) is 40.5 Å². The van der Waals surface area contributed by atoms with Gasteiger partial charge in [0.15, 0.2) is 5.78 Å². The highest BCUT2D eigenvalue weighted by Gasteiger charge is 2.38. The molecule has 0 unspecified atom stereocenters. The Morgan fingerprint density at radius 3 is 2.35 bits per heavy atom. The van der Waals surface area contributed by atoms with E-state index in [1.165, 1.54) is 0 Å². The highest BCUT2D eigenvalue weighted by Crippen LogP contribution is 2.21. The predicted molar refractivity (Wildman–Crippen MR) is 78.6 cm³/mol. The Morgan fingerprint density at radius 1 is 1.25 bits per heavy atom. The van der Waals surface area contributed by atoms with Gasteiger partial charge in [0, 0.05) is 6.04 Å². The number of carbonyl (C=O) groups is 2. The summed E-state index contributed by atoms with van der Waals surface area (Å²) in [6.07, 6.45) is 2.11. The Bertz CT molecular complexity index is 336. The molecule has 1 aliphatic heterocycles. The Labute approximate surface area is 122 Å². The molecule has 0 atom stereocenters. The summed E-state index contributed by atoms with van der Waals surface area (Å²) in [6, 6.07) is 0.434. The minimum atomic E-state index is -1.06. The first kappa shape index (κ1) is 17.1. The fraction of sp³-hybridized carbons (Fsp3) is 0.867. The molecule has 0 radical (unpaired) electrons. The normalized spacial score (nSPS) is 17.2. The van der Waals surface area contributed by atoms with Crippen LogP contribution in [0, 0.1) is 5.41 Å². The van der Waals surface area contributed by atoms with Crippen LogP contribution in [-0.4, -0.2) is 55.5 Å². The van der Waals surface area contributed by atoms with Gasteiger partial charge in [-0.05, 0) is 53.2 Å². The van der Waals surface area contributed by atoms with Gasteiger partial charge in [-0.25, -0.2) is 0 Å². The smallest absolute Gasteiger partial charge is 0.319 e. The lowest BCUT2D eigenvalue weighted by Gasteiger charge is -2.34. The van der Waals surface area contributed by atoms with E-state index in [0.717, 1.165) is 32.5 Å². The Morgan fingerprint density at radius 2 is 1.85 bits per heavy atom. The number of likely N-dealkylation sites (N-methyl/N-ethyl adjacent to an activating group) is 1. The topological polar surface area (TPSA) is 58.6 Å². The van der Waals surface area contributed by atoms with Gasteiger partial charge in [-0.15, -0.1) is 0 Å². The van der Waals surface area contributed by atoms with E-state index in [1.54, 1.807) is 20.8 Å². The third kappa shape index (κ3) is 4.28. The van der Waals surface area contributed by atoms with Crippen LogP contribution in [-0.2, 0) is 14.3 Å². The second-order valence-electron chi connectivity index (χ2n) is 5.81. The van der Waals surface area contributed by atoms with Crippen molar-refractivity contribution in [2.75, 3.05) is 32.8 Å². The molecule has 1 aliphatic rings. The van der Waals surface area contributed by atoms with Crippen LogP contribution in [0.3, 0.4) is 0 Å². The number of esters is 1. The van der Waals surface area contributed by atoms with Gasteiger partial charge < -0.3 is 10.1 Å². The van der Waals surface area contributed by atoms with Gasteiger partial charge in [-0.3, -0.25) is 14.5 Å². The van der Waals surface area contributed by atoms with Crippen molar-refractivity contribution in [1.82, 2.24) is 10.2 Å². The number of Topliss-reactive ketones (excluding diaryl/α,β-unsaturated/α-hetero) is 1. The van der Waals surface area contributed by atoms with Crippen LogP contribution in [0.4, 0.5) is 0 Å². The molecule has 0 aromatic carbocycles. The van der Waals surface area contributed by atoms with Crippen molar-refractivity contribution in [2.45, 2.75) is 46.6 Å². The molecule has 0 spiro atoms. The highest BCUT2D eigenvalue weighted by molar-refractivity contribution is 6.03. The molecule has 1 saturated heterocycles. The van der Waals surface area contributed by atoms with E-state index in [9.17, 15) is 9.59 Å². The molecule has 0 aromatic heterocycles. The van der Waals surface area contributed by atoms with E-state index >= 15 is 0 Å². The zero-order valence-electron chi connectivity index (χ0n) is 13.2. The Hall–Kier alpha value is -0.940. The first-order valence-electron chi connectivity index (χ1n) is 7.58. The van der Waals surface area contributed by atoms with Crippen LogP contribution < -0.4 is 5.32 Å². The van der Waals surface area contributed by atoms with E-state index in [4.69, 9.17) is 4.74 Å². The van der Waals surface area contributed by atoms with Crippen molar-refractivity contribution in [3.63, 3.8) is 0 Å². The number of carbonyl (C=O) groups excluding carboxylic acids is 2. The molecule has 5 heteroatoms. The van der Waals surface area contributed by atoms with Crippen molar-refractivity contribution >= 4 is 11.8 Å². The summed E-state index contributed by atoms with van der Waals surface area (Å²) in [6.45, 7) is 10.6. The van der Waals surface area contributed by atoms with Gasteiger partial charge in [0.1, 0.15) is 5.41 Å². The maximum atomic E-state index is 12.4. The van der Waals surface area contributed by atoms with Gasteiger partial charge >= 0.3 is 5.97 Å². The summed E-state index contributed by atoms with van der Waals surface area (Å²) >= 11 is 0. The van der Waals surface area contributed by atoms with E-state index in [2.05, 4.69) is 17.1 Å². The summed E-state index contributed by atoms with van der Waals surface area (Å²) in [5, 5.41) is 3.33. The largest absolute Gasteiger partial charge is 0.465 e. The molecule has 0 saturated carbocycles. The summed E-state index contributed by atoms with van der Waals surface area (Å²) in [5.74, 6) is -0.484. The number of nitrogens with one attached hydrogen (secondary N) is 1. The molecule has 116 valence electrons. The van der Waals surface area contributed by atoms with Crippen molar-refractivity contribution in [3.05, 3.63) is 0 Å². The Balaban J connectivity index is 2.63. The number of piperidine rings is 1. The standard InChI is InChI=1S/C15H28N2O3/c1-5-17(12-7-9-16-10-8-12)11-13(18)15(3,4)14(19)20-6-2/h12,16H,5-11H2,1-4H3. The van der Waals surface area contributed by atoms with Crippen molar-refractivity contribution in [2.24, 2.45) is 5.41 Å². The highest BCUT2D eigenvalue weighted by atomic mass is 16.5. The van der Waals surface area contributed by atoms with Gasteiger partial charge in [-0.2, -0.15) is 0 Å². The predicted octanol–water partition coefficient (Wildman–Crippen LogP) is 1.22. The van der Waals surface area contributed by atoms with E-state index in [0.29, 0.717) is 19.2 Å². The van der Waals surface area contributed by atoms with Crippen LogP contribution >= 0.6 is 0 Å². The molecule has 1 rings (SSSR count). The first-order valence-corrected chi connectivity index (χ1v) is 7.58. The van der Waals surface area contributed by atoms with Gasteiger partial charge in [-0.1, -0.05) is 6.92 Å². The zero-order chi connectivity index (χ0) is 15.2. The molecule has 1 fully saturated rings. The van der Waals surface area contributed by atoms with Crippen molar-refractivity contribution in [3.8, 4) is 0 Å². The number of ketones is 1. The number of rotatable bonds is 7. The lowest BCUT2D eigenvalue weighted by atomic mass is 9.87. The summed E-state index contributed by atoms with van der Waals surface area (Å²) in [7, 11) is 0. The summed E-state index contributed by atoms with van der Waals surface area (Å²) < 4.78 is 5.00. The van der Waals surface area contributed by atoms with Gasteiger partial charge in [0.25, 0.3) is 0 Å². The lowest BCUT2D eigenvalue weighted by Crippen LogP contribution is -2.48. The van der Waals surface area contributed by atoms with Gasteiger partial charge in [0.05, 0.1) is 13.2 Å². The average Bonchev–Trinajstić information content (AvgIpc) is 2.45. The molecule has 20 heavy (non-hydrogen) atoms. The zero-order valence-corrected chi connectivity index (χ0v) is 13.2. The average molecular weight is 284 g/mol. The van der Waals surface area contributed by atoms with Crippen LogP contribution in [0.2, 0.25) is 0 Å². The monoisotopic (exact) mass is 284 g/mol. The quantitative estimate of drug-likeness (QED) is 0.563. The molecule has 0 bridgehead atoms. The summed E-state index contributed by atoms with van der Waals surface area (Å²) in [5.41, 5.74) is -1.06. The van der Waals surface area contributed by atoms with Crippen LogP contribution in [0.15, 0.2) is 0 Å². The Kier molecular flexibility index (Phi) is 6.62. The van der Waals surface area contributed by atoms with Crippen LogP contribution in [0.5, 0.6) is 0 Å². The van der Waals surface area contributed by atoms with Crippen LogP contribution in [0.25, 0.3) is 0 Å². The molecular formula is C15H28N2O3. The molecule has 0 amide bonds. The maximum absolute atomic E-state index is 12.4. The number of nitrogens with zero attached hydrogens (tertiary/aromatic N) is 1. The van der Waals surface area contributed by atoms with Gasteiger partial charge in [0.2, 0.25) is 0 Å². The summed E-state index contributed by atoms with van der Waals surface area (Å²) in [4.78, 5) is 26.5. The minimum absolute atomic E-state index is 0.0590. The molecule has 0 aromatic rings. The fourth-order valence-corrected chi connectivity index (χ4v) is 2.48. The lowest BCUT2D eigenvalue weighted by molar-refractivity contribution is -0.158. The number of ether oxygens (including phenoxy) is 1. The number of hydrogen-bond donors (Lipinski definition) is 1. The third-order valence-corrected chi connectivity index (χ3v) is 4.06. The molecule has 1 N–H and O–H groups in total. The minimum Gasteiger partial charge on any atom is -0.465 e. The second kappa shape index (κ2) is 7.74. The second-order valence-corrected chi connectivity index (χ2v) is 5.81. The van der Waals surface area contributed by atoms with Crippen molar-refractivity contribution < 1.29 is 14.3 Å². The molecule has 5 nitrogen and oxygen atoms in total. The fourth-order valence-electron chi connectivity index (χ4n) is 2.48. The molecule has 0 aliphatic carbocycles. The number of hydrogen-bond acceptors (Lipinski definition) is 5. The van der Waals surface area contributed by atoms with E-state index in [1.807, 2.05) is 0 Å². The van der Waals surface area contributed by atoms with E-state index < -0.39 is 11.4 Å². The van der Waals surface area contributed by atoms with Crippen molar-refractivity contribution in [1.29, 1.82) is 0 Å². The first-order chi connectivity index (χ1) is 9.43. The van der Waals surface area contributed by atoms with E-state index in [-0.39, 0.29) is 5.78 Å². The SMILES string of the molecule is CCOC(=O)C(C)(C)C(=O)CN(CC)C1CCNCC1. The molecular weight excluding hydrogens is 256 g/mol.